The van der Waals surface area contributed by atoms with Crippen molar-refractivity contribution >= 4 is 0 Å². The zero-order chi connectivity index (χ0) is 13.8. The Hall–Kier alpha value is -1.09. The van der Waals surface area contributed by atoms with Gasteiger partial charge < -0.3 is 4.74 Å². The highest BCUT2D eigenvalue weighted by Gasteiger charge is 2.43. The van der Waals surface area contributed by atoms with Crippen LogP contribution in [0.15, 0.2) is 18.2 Å². The molecule has 0 aliphatic heterocycles. The Balaban J connectivity index is 2.10. The molecule has 1 aliphatic carbocycles. The van der Waals surface area contributed by atoms with E-state index in [4.69, 9.17) is 4.74 Å². The molecule has 1 aromatic carbocycles. The highest BCUT2D eigenvalue weighted by Crippen LogP contribution is 2.48. The van der Waals surface area contributed by atoms with Crippen LogP contribution in [0, 0.1) is 5.82 Å². The molecule has 0 saturated heterocycles. The first kappa shape index (κ1) is 14.3. The van der Waals surface area contributed by atoms with E-state index < -0.39 is 0 Å². The van der Waals surface area contributed by atoms with Crippen LogP contribution in [0.2, 0.25) is 0 Å². The van der Waals surface area contributed by atoms with Crippen molar-refractivity contribution in [2.75, 3.05) is 20.2 Å². The molecular weight excluding hydrogens is 241 g/mol. The second kappa shape index (κ2) is 6.38. The van der Waals surface area contributed by atoms with E-state index in [2.05, 4.69) is 18.7 Å². The molecule has 0 bridgehead atoms. The fraction of sp³-hybridized carbons (Fsp3) is 0.625. The SMILES string of the molecule is CCCN(CCC)[C@@H]1C[C@H]1c1cc(F)ccc1OC. The number of methoxy groups -OCH3 is 1. The molecule has 19 heavy (non-hydrogen) atoms. The van der Waals surface area contributed by atoms with Gasteiger partial charge in [-0.25, -0.2) is 4.39 Å². The van der Waals surface area contributed by atoms with Crippen LogP contribution in [0.1, 0.15) is 44.6 Å². The first-order valence-electron chi connectivity index (χ1n) is 7.28. The van der Waals surface area contributed by atoms with Crippen molar-refractivity contribution in [3.8, 4) is 5.75 Å². The summed E-state index contributed by atoms with van der Waals surface area (Å²) in [6.07, 6.45) is 3.47. The lowest BCUT2D eigenvalue weighted by molar-refractivity contribution is 0.259. The Labute approximate surface area is 115 Å². The predicted molar refractivity (Wildman–Crippen MR) is 76.3 cm³/mol. The number of benzene rings is 1. The number of hydrogen-bond donors (Lipinski definition) is 0. The highest BCUT2D eigenvalue weighted by molar-refractivity contribution is 5.41. The number of hydrogen-bond acceptors (Lipinski definition) is 2. The molecule has 1 aliphatic rings. The Bertz CT molecular complexity index is 415. The molecule has 0 spiro atoms. The molecular formula is C16H24FNO. The van der Waals surface area contributed by atoms with E-state index in [0.717, 1.165) is 30.8 Å². The van der Waals surface area contributed by atoms with Crippen molar-refractivity contribution in [2.45, 2.75) is 45.1 Å². The number of rotatable bonds is 7. The van der Waals surface area contributed by atoms with Crippen LogP contribution >= 0.6 is 0 Å². The molecule has 1 aromatic rings. The van der Waals surface area contributed by atoms with E-state index in [1.165, 1.54) is 18.9 Å². The van der Waals surface area contributed by atoms with E-state index in [1.807, 2.05) is 0 Å². The summed E-state index contributed by atoms with van der Waals surface area (Å²) in [5, 5.41) is 0. The average molecular weight is 265 g/mol. The van der Waals surface area contributed by atoms with Gasteiger partial charge in [-0.15, -0.1) is 0 Å². The molecule has 0 amide bonds. The van der Waals surface area contributed by atoms with Gasteiger partial charge in [-0.1, -0.05) is 13.8 Å². The minimum atomic E-state index is -0.168. The summed E-state index contributed by atoms with van der Waals surface area (Å²) in [6, 6.07) is 5.41. The topological polar surface area (TPSA) is 12.5 Å². The van der Waals surface area contributed by atoms with Gasteiger partial charge in [0.2, 0.25) is 0 Å². The fourth-order valence-electron chi connectivity index (χ4n) is 2.93. The van der Waals surface area contributed by atoms with Crippen LogP contribution in [0.25, 0.3) is 0 Å². The maximum Gasteiger partial charge on any atom is 0.123 e. The van der Waals surface area contributed by atoms with Crippen LogP contribution in [0.4, 0.5) is 4.39 Å². The zero-order valence-electron chi connectivity index (χ0n) is 12.2. The molecule has 1 saturated carbocycles. The predicted octanol–water partition coefficient (Wildman–Crippen LogP) is 3.81. The van der Waals surface area contributed by atoms with Crippen LogP contribution < -0.4 is 4.74 Å². The summed E-state index contributed by atoms with van der Waals surface area (Å²) in [4.78, 5) is 2.54. The first-order chi connectivity index (χ1) is 9.21. The van der Waals surface area contributed by atoms with E-state index in [-0.39, 0.29) is 5.82 Å². The maximum atomic E-state index is 13.4. The number of halogens is 1. The Morgan fingerprint density at radius 2 is 1.95 bits per heavy atom. The minimum Gasteiger partial charge on any atom is -0.496 e. The molecule has 0 aromatic heterocycles. The van der Waals surface area contributed by atoms with Gasteiger partial charge in [-0.05, 0) is 50.6 Å². The largest absolute Gasteiger partial charge is 0.496 e. The molecule has 0 unspecified atom stereocenters. The fourth-order valence-corrected chi connectivity index (χ4v) is 2.93. The lowest BCUT2D eigenvalue weighted by Gasteiger charge is -2.21. The van der Waals surface area contributed by atoms with Gasteiger partial charge in [0.1, 0.15) is 11.6 Å². The molecule has 3 heteroatoms. The molecule has 2 nitrogen and oxygen atoms in total. The minimum absolute atomic E-state index is 0.168. The summed E-state index contributed by atoms with van der Waals surface area (Å²) in [7, 11) is 1.66. The molecule has 0 radical (unpaired) electrons. The van der Waals surface area contributed by atoms with Gasteiger partial charge in [-0.3, -0.25) is 4.90 Å². The molecule has 106 valence electrons. The van der Waals surface area contributed by atoms with Gasteiger partial charge >= 0.3 is 0 Å². The van der Waals surface area contributed by atoms with E-state index in [1.54, 1.807) is 19.2 Å². The van der Waals surface area contributed by atoms with Crippen LogP contribution in [-0.2, 0) is 0 Å². The van der Waals surface area contributed by atoms with Crippen molar-refractivity contribution in [1.29, 1.82) is 0 Å². The molecule has 2 atom stereocenters. The summed E-state index contributed by atoms with van der Waals surface area (Å²) in [6.45, 7) is 6.69. The van der Waals surface area contributed by atoms with Crippen molar-refractivity contribution in [1.82, 2.24) is 4.90 Å². The van der Waals surface area contributed by atoms with Crippen molar-refractivity contribution in [3.05, 3.63) is 29.6 Å². The highest BCUT2D eigenvalue weighted by atomic mass is 19.1. The smallest absolute Gasteiger partial charge is 0.123 e. The molecule has 1 fully saturated rings. The quantitative estimate of drug-likeness (QED) is 0.743. The summed E-state index contributed by atoms with van der Waals surface area (Å²) in [5.74, 6) is 1.09. The average Bonchev–Trinajstić information content (AvgIpc) is 3.18. The van der Waals surface area contributed by atoms with Crippen molar-refractivity contribution in [2.24, 2.45) is 0 Å². The van der Waals surface area contributed by atoms with Gasteiger partial charge in [0, 0.05) is 17.5 Å². The van der Waals surface area contributed by atoms with E-state index >= 15 is 0 Å². The van der Waals surface area contributed by atoms with Gasteiger partial charge in [-0.2, -0.15) is 0 Å². The number of nitrogens with zero attached hydrogens (tertiary/aromatic N) is 1. The molecule has 2 rings (SSSR count). The second-order valence-corrected chi connectivity index (χ2v) is 5.33. The summed E-state index contributed by atoms with van der Waals surface area (Å²) >= 11 is 0. The lowest BCUT2D eigenvalue weighted by atomic mass is 10.1. The maximum absolute atomic E-state index is 13.4. The van der Waals surface area contributed by atoms with Crippen molar-refractivity contribution in [3.63, 3.8) is 0 Å². The summed E-state index contributed by atoms with van der Waals surface area (Å²) < 4.78 is 18.8. The Morgan fingerprint density at radius 3 is 2.53 bits per heavy atom. The summed E-state index contributed by atoms with van der Waals surface area (Å²) in [5.41, 5.74) is 1.03. The zero-order valence-corrected chi connectivity index (χ0v) is 12.2. The van der Waals surface area contributed by atoms with Gasteiger partial charge in [0.15, 0.2) is 0 Å². The molecule has 0 heterocycles. The first-order valence-corrected chi connectivity index (χ1v) is 7.28. The third kappa shape index (κ3) is 3.27. The third-order valence-corrected chi connectivity index (χ3v) is 3.84. The molecule has 0 N–H and O–H groups in total. The van der Waals surface area contributed by atoms with Gasteiger partial charge in [0.25, 0.3) is 0 Å². The van der Waals surface area contributed by atoms with Crippen LogP contribution in [0.3, 0.4) is 0 Å². The standard InChI is InChI=1S/C16H24FNO/c1-4-8-18(9-5-2)15-11-13(15)14-10-12(17)6-7-16(14)19-3/h6-7,10,13,15H,4-5,8-9,11H2,1-3H3/t13-,15+/m0/s1. The van der Waals surface area contributed by atoms with E-state index in [0.29, 0.717) is 12.0 Å². The Kier molecular flexibility index (Phi) is 4.81. The lowest BCUT2D eigenvalue weighted by Crippen LogP contribution is -2.28. The Morgan fingerprint density at radius 1 is 1.26 bits per heavy atom. The number of ether oxygens (including phenoxy) is 1. The monoisotopic (exact) mass is 265 g/mol. The van der Waals surface area contributed by atoms with Crippen molar-refractivity contribution < 1.29 is 9.13 Å². The third-order valence-electron chi connectivity index (χ3n) is 3.84. The van der Waals surface area contributed by atoms with E-state index in [9.17, 15) is 4.39 Å². The normalized spacial score (nSPS) is 21.7. The van der Waals surface area contributed by atoms with Crippen LogP contribution in [-0.4, -0.2) is 31.1 Å². The van der Waals surface area contributed by atoms with Crippen LogP contribution in [0.5, 0.6) is 5.75 Å². The second-order valence-electron chi connectivity index (χ2n) is 5.33. The van der Waals surface area contributed by atoms with Gasteiger partial charge in [0.05, 0.1) is 7.11 Å².